The molecule has 104 valence electrons. The molecular formula is C15H16FN3O. The lowest BCUT2D eigenvalue weighted by Crippen LogP contribution is -2.54. The normalized spacial score (nSPS) is 25.6. The van der Waals surface area contributed by atoms with Gasteiger partial charge in [0.1, 0.15) is 5.82 Å². The van der Waals surface area contributed by atoms with Crippen molar-refractivity contribution in [3.8, 4) is 6.07 Å². The Bertz CT molecular complexity index is 581. The largest absolute Gasteiger partial charge is 0.369 e. The van der Waals surface area contributed by atoms with Crippen molar-refractivity contribution >= 4 is 11.6 Å². The minimum Gasteiger partial charge on any atom is -0.369 e. The van der Waals surface area contributed by atoms with E-state index in [1.54, 1.807) is 12.1 Å². The zero-order chi connectivity index (χ0) is 14.1. The number of rotatable bonds is 1. The Hall–Kier alpha value is -2.09. The summed E-state index contributed by atoms with van der Waals surface area (Å²) in [6.07, 6.45) is 2.27. The fourth-order valence-electron chi connectivity index (χ4n) is 3.16. The van der Waals surface area contributed by atoms with Crippen LogP contribution in [0.4, 0.5) is 10.1 Å². The summed E-state index contributed by atoms with van der Waals surface area (Å²) in [5, 5.41) is 11.8. The van der Waals surface area contributed by atoms with Crippen molar-refractivity contribution < 1.29 is 9.18 Å². The maximum Gasteiger partial charge on any atom is 0.220 e. The first-order valence-corrected chi connectivity index (χ1v) is 6.91. The minimum atomic E-state index is -0.345. The van der Waals surface area contributed by atoms with E-state index >= 15 is 0 Å². The quantitative estimate of drug-likeness (QED) is 0.849. The van der Waals surface area contributed by atoms with E-state index in [2.05, 4.69) is 5.32 Å². The van der Waals surface area contributed by atoms with Crippen molar-refractivity contribution in [3.05, 3.63) is 29.6 Å². The van der Waals surface area contributed by atoms with Crippen molar-refractivity contribution in [3.63, 3.8) is 0 Å². The Morgan fingerprint density at radius 3 is 3.00 bits per heavy atom. The van der Waals surface area contributed by atoms with Gasteiger partial charge in [0.2, 0.25) is 5.91 Å². The topological polar surface area (TPSA) is 56.1 Å². The molecule has 1 aromatic rings. The lowest BCUT2D eigenvalue weighted by Gasteiger charge is -2.42. The van der Waals surface area contributed by atoms with E-state index in [4.69, 9.17) is 5.26 Å². The summed E-state index contributed by atoms with van der Waals surface area (Å²) in [7, 11) is 0. The number of piperidine rings is 2. The van der Waals surface area contributed by atoms with Crippen molar-refractivity contribution in [2.45, 2.75) is 25.3 Å². The summed E-state index contributed by atoms with van der Waals surface area (Å²) in [4.78, 5) is 13.4. The summed E-state index contributed by atoms with van der Waals surface area (Å²) >= 11 is 0. The van der Waals surface area contributed by atoms with Crippen LogP contribution < -0.4 is 10.2 Å². The Labute approximate surface area is 117 Å². The third kappa shape index (κ3) is 2.34. The number of carbonyl (C=O) groups excluding carboxylic acids is 1. The number of benzene rings is 1. The van der Waals surface area contributed by atoms with Crippen molar-refractivity contribution in [2.75, 3.05) is 18.0 Å². The van der Waals surface area contributed by atoms with Crippen LogP contribution in [-0.4, -0.2) is 25.0 Å². The number of fused-ring (bicyclic) bond motifs is 1. The molecule has 2 fully saturated rings. The highest BCUT2D eigenvalue weighted by Crippen LogP contribution is 2.30. The molecule has 2 saturated heterocycles. The van der Waals surface area contributed by atoms with Gasteiger partial charge in [-0.2, -0.15) is 5.26 Å². The van der Waals surface area contributed by atoms with Gasteiger partial charge in [-0.25, -0.2) is 4.39 Å². The SMILES string of the molecule is N#Cc1ccc(N2CCC3NC(=O)CCC3C2)c(F)c1. The highest BCUT2D eigenvalue weighted by molar-refractivity contribution is 5.77. The number of nitriles is 1. The number of hydrogen-bond acceptors (Lipinski definition) is 3. The van der Waals surface area contributed by atoms with Crippen molar-refractivity contribution in [2.24, 2.45) is 5.92 Å². The van der Waals surface area contributed by atoms with Crippen LogP contribution in [-0.2, 0) is 4.79 Å². The lowest BCUT2D eigenvalue weighted by atomic mass is 9.85. The van der Waals surface area contributed by atoms with Gasteiger partial charge in [0.15, 0.2) is 0 Å². The minimum absolute atomic E-state index is 0.129. The van der Waals surface area contributed by atoms with Crippen LogP contribution in [0.25, 0.3) is 0 Å². The maximum absolute atomic E-state index is 14.0. The second kappa shape index (κ2) is 5.12. The third-order valence-corrected chi connectivity index (χ3v) is 4.24. The van der Waals surface area contributed by atoms with Crippen molar-refractivity contribution in [1.82, 2.24) is 5.32 Å². The predicted molar refractivity (Wildman–Crippen MR) is 72.6 cm³/mol. The van der Waals surface area contributed by atoms with Gasteiger partial charge in [0.25, 0.3) is 0 Å². The van der Waals surface area contributed by atoms with Crippen LogP contribution in [0.1, 0.15) is 24.8 Å². The van der Waals surface area contributed by atoms with Crippen LogP contribution in [0.5, 0.6) is 0 Å². The van der Waals surface area contributed by atoms with Gasteiger partial charge in [0, 0.05) is 25.6 Å². The highest BCUT2D eigenvalue weighted by Gasteiger charge is 2.34. The summed E-state index contributed by atoms with van der Waals surface area (Å²) in [6, 6.07) is 6.78. The summed E-state index contributed by atoms with van der Waals surface area (Å²) in [5.41, 5.74) is 0.894. The van der Waals surface area contributed by atoms with Gasteiger partial charge >= 0.3 is 0 Å². The number of carbonyl (C=O) groups is 1. The first kappa shape index (κ1) is 12.9. The molecule has 1 amide bonds. The van der Waals surface area contributed by atoms with Crippen LogP contribution in [0.15, 0.2) is 18.2 Å². The van der Waals surface area contributed by atoms with E-state index in [9.17, 15) is 9.18 Å². The number of halogens is 1. The number of nitrogens with zero attached hydrogens (tertiary/aromatic N) is 2. The number of amides is 1. The predicted octanol–water partition coefficient (Wildman–Crippen LogP) is 1.80. The van der Waals surface area contributed by atoms with Crippen molar-refractivity contribution in [1.29, 1.82) is 5.26 Å². The van der Waals surface area contributed by atoms with Gasteiger partial charge < -0.3 is 10.2 Å². The Kier molecular flexibility index (Phi) is 3.31. The monoisotopic (exact) mass is 273 g/mol. The van der Waals surface area contributed by atoms with Gasteiger partial charge in [0.05, 0.1) is 17.3 Å². The molecule has 1 N–H and O–H groups in total. The molecule has 2 aliphatic rings. The van der Waals surface area contributed by atoms with E-state index in [1.807, 2.05) is 11.0 Å². The highest BCUT2D eigenvalue weighted by atomic mass is 19.1. The second-order valence-electron chi connectivity index (χ2n) is 5.49. The lowest BCUT2D eigenvalue weighted by molar-refractivity contribution is -0.124. The molecule has 0 bridgehead atoms. The fraction of sp³-hybridized carbons (Fsp3) is 0.467. The third-order valence-electron chi connectivity index (χ3n) is 4.24. The summed E-state index contributed by atoms with van der Waals surface area (Å²) in [6.45, 7) is 1.48. The molecule has 2 heterocycles. The molecule has 4 nitrogen and oxygen atoms in total. The molecule has 0 aliphatic carbocycles. The molecule has 0 saturated carbocycles. The number of anilines is 1. The molecule has 2 atom stereocenters. The van der Waals surface area contributed by atoms with Crippen LogP contribution >= 0.6 is 0 Å². The summed E-state index contributed by atoms with van der Waals surface area (Å²) in [5.74, 6) is 0.170. The summed E-state index contributed by atoms with van der Waals surface area (Å²) < 4.78 is 14.0. The van der Waals surface area contributed by atoms with E-state index < -0.39 is 0 Å². The van der Waals surface area contributed by atoms with E-state index in [0.29, 0.717) is 23.6 Å². The molecule has 2 aliphatic heterocycles. The molecule has 3 rings (SSSR count). The standard InChI is InChI=1S/C15H16FN3O/c16-12-7-10(8-17)1-3-14(12)19-6-5-13-11(9-19)2-4-15(20)18-13/h1,3,7,11,13H,2,4-6,9H2,(H,18,20). The second-order valence-corrected chi connectivity index (χ2v) is 5.49. The molecule has 1 aromatic carbocycles. The van der Waals surface area contributed by atoms with Crippen LogP contribution in [0.3, 0.4) is 0 Å². The average molecular weight is 273 g/mol. The zero-order valence-electron chi connectivity index (χ0n) is 11.1. The Balaban J connectivity index is 1.76. The van der Waals surface area contributed by atoms with Crippen LogP contribution in [0, 0.1) is 23.1 Å². The molecule has 2 unspecified atom stereocenters. The first-order chi connectivity index (χ1) is 9.67. The molecular weight excluding hydrogens is 257 g/mol. The molecule has 0 spiro atoms. The Morgan fingerprint density at radius 2 is 2.25 bits per heavy atom. The van der Waals surface area contributed by atoms with Gasteiger partial charge in [-0.15, -0.1) is 0 Å². The zero-order valence-corrected chi connectivity index (χ0v) is 11.1. The van der Waals surface area contributed by atoms with Gasteiger partial charge in [-0.3, -0.25) is 4.79 Å². The molecule has 0 radical (unpaired) electrons. The molecule has 0 aromatic heterocycles. The van der Waals surface area contributed by atoms with Gasteiger partial charge in [-0.1, -0.05) is 0 Å². The van der Waals surface area contributed by atoms with Crippen LogP contribution in [0.2, 0.25) is 0 Å². The first-order valence-electron chi connectivity index (χ1n) is 6.91. The van der Waals surface area contributed by atoms with E-state index in [-0.39, 0.29) is 17.8 Å². The van der Waals surface area contributed by atoms with E-state index in [0.717, 1.165) is 25.9 Å². The average Bonchev–Trinajstić information content (AvgIpc) is 2.46. The van der Waals surface area contributed by atoms with E-state index in [1.165, 1.54) is 6.07 Å². The fourth-order valence-corrected chi connectivity index (χ4v) is 3.16. The number of nitrogens with one attached hydrogen (secondary N) is 1. The smallest absolute Gasteiger partial charge is 0.220 e. The Morgan fingerprint density at radius 1 is 1.40 bits per heavy atom. The molecule has 20 heavy (non-hydrogen) atoms. The molecule has 5 heteroatoms. The maximum atomic E-state index is 14.0. The number of hydrogen-bond donors (Lipinski definition) is 1. The van der Waals surface area contributed by atoms with Gasteiger partial charge in [-0.05, 0) is 37.0 Å².